The van der Waals surface area contributed by atoms with E-state index in [2.05, 4.69) is 24.3 Å². The summed E-state index contributed by atoms with van der Waals surface area (Å²) < 4.78 is 1.96. The second-order valence-corrected chi connectivity index (χ2v) is 5.20. The molecule has 3 nitrogen and oxygen atoms in total. The summed E-state index contributed by atoms with van der Waals surface area (Å²) in [5.74, 6) is 0. The van der Waals surface area contributed by atoms with Gasteiger partial charge in [0.2, 0.25) is 0 Å². The van der Waals surface area contributed by atoms with E-state index in [1.807, 2.05) is 11.7 Å². The van der Waals surface area contributed by atoms with Crippen molar-refractivity contribution in [3.05, 3.63) is 16.4 Å². The number of nitrogens with zero attached hydrogens (tertiary/aromatic N) is 2. The molecule has 1 aliphatic rings. The molecule has 1 saturated heterocycles. The number of hydrogen-bond donors (Lipinski definition) is 1. The molecular weight excluding hydrogens is 222 g/mol. The highest BCUT2D eigenvalue weighted by atomic mass is 35.5. The van der Waals surface area contributed by atoms with E-state index in [9.17, 15) is 0 Å². The van der Waals surface area contributed by atoms with E-state index in [1.165, 1.54) is 12.1 Å². The number of aryl methyl sites for hydroxylation is 2. The number of hydrogen-bond acceptors (Lipinski definition) is 2. The fraction of sp³-hybridized carbons (Fsp3) is 0.750. The molecule has 2 heterocycles. The topological polar surface area (TPSA) is 29.9 Å². The lowest BCUT2D eigenvalue weighted by atomic mass is 9.75. The zero-order valence-electron chi connectivity index (χ0n) is 10.3. The number of nitrogens with one attached hydrogen (secondary N) is 1. The predicted molar refractivity (Wildman–Crippen MR) is 66.9 cm³/mol. The summed E-state index contributed by atoms with van der Waals surface area (Å²) in [4.78, 5) is 0. The average Bonchev–Trinajstić information content (AvgIpc) is 2.49. The molecule has 1 N–H and O–H groups in total. The van der Waals surface area contributed by atoms with Crippen LogP contribution in [-0.4, -0.2) is 22.9 Å². The Morgan fingerprint density at radius 2 is 2.12 bits per heavy atom. The molecule has 1 aliphatic heterocycles. The summed E-state index contributed by atoms with van der Waals surface area (Å²) >= 11 is 6.37. The maximum absolute atomic E-state index is 6.37. The first-order valence-corrected chi connectivity index (χ1v) is 6.40. The molecule has 0 amide bonds. The van der Waals surface area contributed by atoms with E-state index in [0.29, 0.717) is 5.41 Å². The quantitative estimate of drug-likeness (QED) is 0.876. The molecule has 0 saturated carbocycles. The van der Waals surface area contributed by atoms with E-state index >= 15 is 0 Å². The van der Waals surface area contributed by atoms with E-state index in [1.54, 1.807) is 0 Å². The zero-order chi connectivity index (χ0) is 11.8. The van der Waals surface area contributed by atoms with Gasteiger partial charge in [0.1, 0.15) is 0 Å². The molecule has 0 spiro atoms. The lowest BCUT2D eigenvalue weighted by Gasteiger charge is -2.42. The van der Waals surface area contributed by atoms with Gasteiger partial charge in [-0.15, -0.1) is 0 Å². The highest BCUT2D eigenvalue weighted by molar-refractivity contribution is 6.31. The molecule has 0 atom stereocenters. The van der Waals surface area contributed by atoms with Gasteiger partial charge < -0.3 is 5.32 Å². The van der Waals surface area contributed by atoms with Crippen molar-refractivity contribution < 1.29 is 0 Å². The minimum atomic E-state index is 0.405. The molecule has 1 aromatic rings. The Kier molecular flexibility index (Phi) is 3.27. The molecule has 0 aliphatic carbocycles. The average molecular weight is 242 g/mol. The second kappa shape index (κ2) is 4.38. The van der Waals surface area contributed by atoms with Crippen LogP contribution in [0.25, 0.3) is 0 Å². The van der Waals surface area contributed by atoms with Gasteiger partial charge in [-0.2, -0.15) is 5.10 Å². The van der Waals surface area contributed by atoms with Crippen molar-refractivity contribution in [3.63, 3.8) is 0 Å². The van der Waals surface area contributed by atoms with Crippen molar-refractivity contribution in [2.24, 2.45) is 12.5 Å². The van der Waals surface area contributed by atoms with Gasteiger partial charge in [0.05, 0.1) is 16.4 Å². The Morgan fingerprint density at radius 3 is 2.50 bits per heavy atom. The highest BCUT2D eigenvalue weighted by Gasteiger charge is 2.36. The second-order valence-electron chi connectivity index (χ2n) is 4.82. The van der Waals surface area contributed by atoms with Crippen molar-refractivity contribution >= 4 is 11.6 Å². The molecule has 0 bridgehead atoms. The van der Waals surface area contributed by atoms with Crippen LogP contribution in [0.1, 0.15) is 31.7 Å². The van der Waals surface area contributed by atoms with Crippen LogP contribution < -0.4 is 5.32 Å². The minimum Gasteiger partial charge on any atom is -0.316 e. The number of rotatable bonds is 4. The van der Waals surface area contributed by atoms with Gasteiger partial charge in [0.25, 0.3) is 0 Å². The Balaban J connectivity index is 2.23. The van der Waals surface area contributed by atoms with E-state index in [4.69, 9.17) is 11.6 Å². The maximum Gasteiger partial charge on any atom is 0.0849 e. The summed E-state index contributed by atoms with van der Waals surface area (Å²) in [5.41, 5.74) is 2.63. The zero-order valence-corrected chi connectivity index (χ0v) is 11.1. The van der Waals surface area contributed by atoms with Crippen LogP contribution in [0, 0.1) is 5.41 Å². The fourth-order valence-electron chi connectivity index (χ4n) is 2.35. The van der Waals surface area contributed by atoms with Gasteiger partial charge in [-0.1, -0.05) is 25.4 Å². The molecule has 16 heavy (non-hydrogen) atoms. The third-order valence-corrected chi connectivity index (χ3v) is 4.23. The third kappa shape index (κ3) is 1.87. The van der Waals surface area contributed by atoms with Gasteiger partial charge in [-0.05, 0) is 19.3 Å². The molecular formula is C12H20ClN3. The Hall–Kier alpha value is -0.540. The van der Waals surface area contributed by atoms with E-state index < -0.39 is 0 Å². The number of halogens is 1. The summed E-state index contributed by atoms with van der Waals surface area (Å²) in [7, 11) is 2.00. The van der Waals surface area contributed by atoms with Crippen LogP contribution >= 0.6 is 11.6 Å². The third-order valence-electron chi connectivity index (χ3n) is 3.80. The van der Waals surface area contributed by atoms with Crippen LogP contribution in [0.15, 0.2) is 0 Å². The summed E-state index contributed by atoms with van der Waals surface area (Å²) in [6, 6.07) is 0. The summed E-state index contributed by atoms with van der Waals surface area (Å²) in [6.45, 7) is 6.56. The van der Waals surface area contributed by atoms with E-state index in [0.717, 1.165) is 36.6 Å². The van der Waals surface area contributed by atoms with Crippen LogP contribution in [-0.2, 0) is 19.9 Å². The van der Waals surface area contributed by atoms with Crippen molar-refractivity contribution in [1.82, 2.24) is 15.1 Å². The highest BCUT2D eigenvalue weighted by Crippen LogP contribution is 2.34. The molecule has 0 radical (unpaired) electrons. The van der Waals surface area contributed by atoms with Crippen molar-refractivity contribution in [2.75, 3.05) is 13.1 Å². The summed E-state index contributed by atoms with van der Waals surface area (Å²) in [6.07, 6.45) is 3.14. The molecule has 0 aromatic carbocycles. The summed E-state index contributed by atoms with van der Waals surface area (Å²) in [5, 5.41) is 8.71. The first kappa shape index (κ1) is 11.9. The van der Waals surface area contributed by atoms with E-state index in [-0.39, 0.29) is 0 Å². The smallest absolute Gasteiger partial charge is 0.0849 e. The monoisotopic (exact) mass is 241 g/mol. The molecule has 1 aromatic heterocycles. The normalized spacial score (nSPS) is 18.5. The fourth-order valence-corrected chi connectivity index (χ4v) is 2.71. The molecule has 4 heteroatoms. The van der Waals surface area contributed by atoms with Crippen LogP contribution in [0.3, 0.4) is 0 Å². The van der Waals surface area contributed by atoms with Crippen LogP contribution in [0.4, 0.5) is 0 Å². The maximum atomic E-state index is 6.37. The largest absolute Gasteiger partial charge is 0.316 e. The van der Waals surface area contributed by atoms with Crippen molar-refractivity contribution in [3.8, 4) is 0 Å². The Bertz CT molecular complexity index is 374. The number of aromatic nitrogens is 2. The Labute approximate surface area is 102 Å². The van der Waals surface area contributed by atoms with Gasteiger partial charge in [-0.25, -0.2) is 0 Å². The van der Waals surface area contributed by atoms with Crippen molar-refractivity contribution in [1.29, 1.82) is 0 Å². The molecule has 2 rings (SSSR count). The standard InChI is InChI=1S/C12H20ClN3/c1-4-9-11(13)10(16(3)15-9)6-12(5-2)7-14-8-12/h14H,4-8H2,1-3H3. The lowest BCUT2D eigenvalue weighted by Crippen LogP contribution is -2.54. The van der Waals surface area contributed by atoms with Gasteiger partial charge in [0, 0.05) is 25.6 Å². The van der Waals surface area contributed by atoms with Crippen LogP contribution in [0.5, 0.6) is 0 Å². The minimum absolute atomic E-state index is 0.405. The predicted octanol–water partition coefficient (Wildman–Crippen LogP) is 2.18. The van der Waals surface area contributed by atoms with Gasteiger partial charge in [0.15, 0.2) is 0 Å². The SMILES string of the molecule is CCc1nn(C)c(CC2(CC)CNC2)c1Cl. The molecule has 0 unspecified atom stereocenters. The Morgan fingerprint density at radius 1 is 1.44 bits per heavy atom. The molecule has 90 valence electrons. The first-order chi connectivity index (χ1) is 7.62. The lowest BCUT2D eigenvalue weighted by molar-refractivity contribution is 0.157. The molecule has 1 fully saturated rings. The van der Waals surface area contributed by atoms with Gasteiger partial charge in [-0.3, -0.25) is 4.68 Å². The van der Waals surface area contributed by atoms with Crippen molar-refractivity contribution in [2.45, 2.75) is 33.1 Å². The van der Waals surface area contributed by atoms with Crippen LogP contribution in [0.2, 0.25) is 5.02 Å². The van der Waals surface area contributed by atoms with Gasteiger partial charge >= 0.3 is 0 Å². The first-order valence-electron chi connectivity index (χ1n) is 6.03.